The van der Waals surface area contributed by atoms with E-state index in [2.05, 4.69) is 9.47 Å². The smallest absolute Gasteiger partial charge is 0.346 e. The Morgan fingerprint density at radius 1 is 1.20 bits per heavy atom. The summed E-state index contributed by atoms with van der Waals surface area (Å²) in [7, 11) is 0. The van der Waals surface area contributed by atoms with Crippen LogP contribution in [0.3, 0.4) is 0 Å². The van der Waals surface area contributed by atoms with Crippen LogP contribution < -0.4 is 4.74 Å². The number of likely N-dealkylation sites (tertiary alicyclic amines) is 1. The highest BCUT2D eigenvalue weighted by atomic mass is 32.1. The maximum atomic E-state index is 14.2. The summed E-state index contributed by atoms with van der Waals surface area (Å²) in [6, 6.07) is 13.7. The van der Waals surface area contributed by atoms with Crippen molar-refractivity contribution in [1.82, 2.24) is 19.4 Å². The van der Waals surface area contributed by atoms with Crippen molar-refractivity contribution in [3.05, 3.63) is 75.8 Å². The number of rotatable bonds is 9. The van der Waals surface area contributed by atoms with Crippen LogP contribution in [0.2, 0.25) is 0 Å². The number of aromatic nitrogens is 3. The Balaban J connectivity index is 1.09. The molecule has 5 heterocycles. The van der Waals surface area contributed by atoms with Gasteiger partial charge in [0.25, 0.3) is 0 Å². The van der Waals surface area contributed by atoms with Gasteiger partial charge in [-0.25, -0.2) is 19.2 Å². The van der Waals surface area contributed by atoms with Gasteiger partial charge < -0.3 is 19.1 Å². The minimum atomic E-state index is -0.920. The van der Waals surface area contributed by atoms with E-state index in [1.165, 1.54) is 17.4 Å². The van der Waals surface area contributed by atoms with Gasteiger partial charge in [-0.1, -0.05) is 12.1 Å². The van der Waals surface area contributed by atoms with E-state index < -0.39 is 11.8 Å². The highest BCUT2D eigenvalue weighted by Crippen LogP contribution is 2.32. The highest BCUT2D eigenvalue weighted by Gasteiger charge is 2.26. The zero-order chi connectivity index (χ0) is 28.3. The number of carboxylic acid groups (broad SMARTS) is 1. The fraction of sp³-hybridized carbons (Fsp3) is 0.400. The van der Waals surface area contributed by atoms with Crippen molar-refractivity contribution in [2.24, 2.45) is 5.92 Å². The van der Waals surface area contributed by atoms with Crippen molar-refractivity contribution in [3.63, 3.8) is 0 Å². The summed E-state index contributed by atoms with van der Waals surface area (Å²) in [5, 5.41) is 18.4. The Bertz CT molecular complexity index is 1600. The molecule has 2 fully saturated rings. The zero-order valence-corrected chi connectivity index (χ0v) is 23.3. The second kappa shape index (κ2) is 11.9. The van der Waals surface area contributed by atoms with Crippen LogP contribution >= 0.6 is 11.3 Å². The van der Waals surface area contributed by atoms with Crippen molar-refractivity contribution in [1.29, 1.82) is 5.26 Å². The molecule has 2 aliphatic rings. The molecule has 2 saturated heterocycles. The summed E-state index contributed by atoms with van der Waals surface area (Å²) in [6.45, 7) is 4.79. The molecule has 0 saturated carbocycles. The van der Waals surface area contributed by atoms with Crippen molar-refractivity contribution in [2.75, 3.05) is 26.3 Å². The predicted octanol–water partition coefficient (Wildman–Crippen LogP) is 5.20. The minimum Gasteiger partial charge on any atom is -0.477 e. The van der Waals surface area contributed by atoms with E-state index in [1.807, 2.05) is 18.2 Å². The lowest BCUT2D eigenvalue weighted by atomic mass is 9.93. The second-order valence-corrected chi connectivity index (χ2v) is 11.7. The first kappa shape index (κ1) is 27.3. The second-order valence-electron chi connectivity index (χ2n) is 10.6. The van der Waals surface area contributed by atoms with Gasteiger partial charge in [-0.15, -0.1) is 11.3 Å². The van der Waals surface area contributed by atoms with Crippen molar-refractivity contribution in [3.8, 4) is 11.9 Å². The van der Waals surface area contributed by atoms with Crippen LogP contribution in [0, 0.1) is 23.1 Å². The number of nitrogens with zero attached hydrogens (tertiary/aromatic N) is 5. The number of fused-ring (bicyclic) bond motifs is 1. The summed E-state index contributed by atoms with van der Waals surface area (Å²) in [4.78, 5) is 24.6. The summed E-state index contributed by atoms with van der Waals surface area (Å²) < 4.78 is 27.8. The van der Waals surface area contributed by atoms with E-state index in [4.69, 9.17) is 24.7 Å². The molecule has 41 heavy (non-hydrogen) atoms. The standard InChI is InChI=1S/C30H30FN5O4S/c31-23-12-19(14-32)4-5-22(23)18-40-28-3-1-2-24(33-28)21-6-9-35(10-7-21)16-27-34-29-25(13-26(41-29)30(37)38)36(27)15-20-8-11-39-17-20/h1-5,12-13,20-21H,6-11,15-18H2,(H,37,38). The number of carboxylic acids is 1. The van der Waals surface area contributed by atoms with Gasteiger partial charge in [0.1, 0.15) is 28.0 Å². The average molecular weight is 576 g/mol. The first-order chi connectivity index (χ1) is 20.0. The monoisotopic (exact) mass is 575 g/mol. The molecule has 1 unspecified atom stereocenters. The first-order valence-electron chi connectivity index (χ1n) is 13.8. The molecule has 9 nitrogen and oxygen atoms in total. The zero-order valence-electron chi connectivity index (χ0n) is 22.5. The molecule has 4 aromatic rings. The molecule has 212 valence electrons. The largest absolute Gasteiger partial charge is 0.477 e. The Labute approximate surface area is 240 Å². The third-order valence-corrected chi connectivity index (χ3v) is 8.88. The molecule has 0 bridgehead atoms. The van der Waals surface area contributed by atoms with Crippen LogP contribution in [-0.2, 0) is 24.4 Å². The molecule has 1 atom stereocenters. The van der Waals surface area contributed by atoms with Crippen LogP contribution in [0.15, 0.2) is 42.5 Å². The molecule has 0 radical (unpaired) electrons. The van der Waals surface area contributed by atoms with Crippen molar-refractivity contribution >= 4 is 27.7 Å². The number of aromatic carboxylic acids is 1. The SMILES string of the molecule is N#Cc1ccc(COc2cccc(C3CCN(Cc4nc5sc(C(=O)O)cc5n4CC4CCOC4)CC3)n2)c(F)c1. The Morgan fingerprint density at radius 3 is 2.78 bits per heavy atom. The van der Waals surface area contributed by atoms with Crippen LogP contribution in [0.1, 0.15) is 57.5 Å². The summed E-state index contributed by atoms with van der Waals surface area (Å²) in [5.41, 5.74) is 2.51. The van der Waals surface area contributed by atoms with Gasteiger partial charge in [0, 0.05) is 42.3 Å². The molecule has 0 spiro atoms. The number of thiophene rings is 1. The van der Waals surface area contributed by atoms with Gasteiger partial charge in [-0.05, 0) is 56.6 Å². The molecular formula is C30H30FN5O4S. The molecule has 11 heteroatoms. The van der Waals surface area contributed by atoms with Crippen molar-refractivity contribution in [2.45, 2.75) is 44.9 Å². The molecule has 2 aliphatic heterocycles. The minimum absolute atomic E-state index is 0.0392. The van der Waals surface area contributed by atoms with Crippen molar-refractivity contribution < 1.29 is 23.8 Å². The quantitative estimate of drug-likeness (QED) is 0.290. The van der Waals surface area contributed by atoms with Crippen LogP contribution in [-0.4, -0.2) is 56.8 Å². The number of imidazole rings is 1. The molecule has 0 aliphatic carbocycles. The van der Waals surface area contributed by atoms with Gasteiger partial charge in [0.2, 0.25) is 5.88 Å². The number of halogens is 1. The van der Waals surface area contributed by atoms with E-state index in [0.29, 0.717) is 34.7 Å². The number of pyridine rings is 1. The lowest BCUT2D eigenvalue weighted by Gasteiger charge is -2.31. The van der Waals surface area contributed by atoms with Gasteiger partial charge in [-0.3, -0.25) is 4.90 Å². The van der Waals surface area contributed by atoms with Crippen LogP contribution in [0.4, 0.5) is 4.39 Å². The summed E-state index contributed by atoms with van der Waals surface area (Å²) in [6.07, 6.45) is 2.88. The molecule has 6 rings (SSSR count). The fourth-order valence-corrected chi connectivity index (χ4v) is 6.48. The number of nitriles is 1. The summed E-state index contributed by atoms with van der Waals surface area (Å²) in [5.74, 6) is 0.728. The van der Waals surface area contributed by atoms with Crippen LogP contribution in [0.5, 0.6) is 5.88 Å². The Morgan fingerprint density at radius 2 is 2.05 bits per heavy atom. The topological polar surface area (TPSA) is 114 Å². The van der Waals surface area contributed by atoms with E-state index >= 15 is 0 Å². The van der Waals surface area contributed by atoms with Gasteiger partial charge in [-0.2, -0.15) is 5.26 Å². The maximum absolute atomic E-state index is 14.2. The fourth-order valence-electron chi connectivity index (χ4n) is 5.59. The summed E-state index contributed by atoms with van der Waals surface area (Å²) >= 11 is 1.23. The van der Waals surface area contributed by atoms with E-state index in [1.54, 1.807) is 24.3 Å². The Kier molecular flexibility index (Phi) is 7.96. The normalized spacial score (nSPS) is 18.1. The number of carbonyl (C=O) groups is 1. The Hall–Kier alpha value is -3.85. The first-order valence-corrected chi connectivity index (χ1v) is 14.6. The lowest BCUT2D eigenvalue weighted by molar-refractivity contribution is 0.0702. The third-order valence-electron chi connectivity index (χ3n) is 7.88. The maximum Gasteiger partial charge on any atom is 0.346 e. The number of hydrogen-bond acceptors (Lipinski definition) is 8. The molecule has 0 amide bonds. The molecular weight excluding hydrogens is 545 g/mol. The molecule has 1 aromatic carbocycles. The average Bonchev–Trinajstić information content (AvgIpc) is 3.72. The van der Waals surface area contributed by atoms with E-state index in [0.717, 1.165) is 74.0 Å². The highest BCUT2D eigenvalue weighted by molar-refractivity contribution is 7.20. The number of ether oxygens (including phenoxy) is 2. The van der Waals surface area contributed by atoms with E-state index in [-0.39, 0.29) is 12.2 Å². The lowest BCUT2D eigenvalue weighted by Crippen LogP contribution is -2.33. The van der Waals surface area contributed by atoms with Gasteiger partial charge >= 0.3 is 5.97 Å². The van der Waals surface area contributed by atoms with Gasteiger partial charge in [0.15, 0.2) is 0 Å². The number of benzene rings is 1. The van der Waals surface area contributed by atoms with E-state index in [9.17, 15) is 14.3 Å². The third kappa shape index (κ3) is 6.10. The molecule has 3 aromatic heterocycles. The predicted molar refractivity (Wildman–Crippen MR) is 150 cm³/mol. The van der Waals surface area contributed by atoms with Gasteiger partial charge in [0.05, 0.1) is 30.3 Å². The number of hydrogen-bond donors (Lipinski definition) is 1. The number of piperidine rings is 1. The molecule has 1 N–H and O–H groups in total. The van der Waals surface area contributed by atoms with Crippen LogP contribution in [0.25, 0.3) is 10.3 Å².